The SMILES string of the molecule is CCS(=O)(=O)CCNC(=O)c1cccc(SNc2ccc(Cl)c3c(Cl)c[nH]c23)c1F. The highest BCUT2D eigenvalue weighted by Gasteiger charge is 2.17. The number of aromatic amines is 1. The summed E-state index contributed by atoms with van der Waals surface area (Å²) < 4.78 is 40.9. The van der Waals surface area contributed by atoms with Crippen LogP contribution in [0.5, 0.6) is 0 Å². The molecule has 0 fully saturated rings. The molecule has 1 aromatic heterocycles. The standard InChI is InChI=1S/C19H18Cl2FN3O3S2/c1-2-30(27,28)9-8-23-19(26)11-4-3-5-15(17(11)22)29-25-14-7-6-12(20)16-13(21)10-24-18(14)16/h3-7,10,24-25H,2,8-9H2,1H3,(H,23,26). The van der Waals surface area contributed by atoms with Gasteiger partial charge >= 0.3 is 0 Å². The molecule has 160 valence electrons. The predicted molar refractivity (Wildman–Crippen MR) is 121 cm³/mol. The summed E-state index contributed by atoms with van der Waals surface area (Å²) in [6.45, 7) is 1.44. The smallest absolute Gasteiger partial charge is 0.254 e. The second kappa shape index (κ2) is 9.47. The maximum atomic E-state index is 14.8. The largest absolute Gasteiger partial charge is 0.358 e. The van der Waals surface area contributed by atoms with E-state index in [9.17, 15) is 17.6 Å². The van der Waals surface area contributed by atoms with Gasteiger partial charge in [0.2, 0.25) is 0 Å². The van der Waals surface area contributed by atoms with Gasteiger partial charge in [0.15, 0.2) is 15.7 Å². The summed E-state index contributed by atoms with van der Waals surface area (Å²) >= 11 is 13.3. The molecule has 0 aliphatic carbocycles. The summed E-state index contributed by atoms with van der Waals surface area (Å²) in [5.74, 6) is -1.59. The second-order valence-electron chi connectivity index (χ2n) is 6.30. The Hall–Kier alpha value is -1.94. The Labute approximate surface area is 187 Å². The molecule has 6 nitrogen and oxygen atoms in total. The first-order chi connectivity index (χ1) is 14.2. The summed E-state index contributed by atoms with van der Waals surface area (Å²) in [7, 11) is -3.22. The van der Waals surface area contributed by atoms with Crippen LogP contribution in [0.4, 0.5) is 10.1 Å². The third-order valence-electron chi connectivity index (χ3n) is 4.35. The first-order valence-electron chi connectivity index (χ1n) is 8.88. The van der Waals surface area contributed by atoms with E-state index in [2.05, 4.69) is 15.0 Å². The van der Waals surface area contributed by atoms with Gasteiger partial charge in [-0.05, 0) is 36.2 Å². The molecule has 0 aliphatic heterocycles. The fraction of sp³-hybridized carbons (Fsp3) is 0.211. The average Bonchev–Trinajstić information content (AvgIpc) is 3.11. The van der Waals surface area contributed by atoms with Crippen molar-refractivity contribution < 1.29 is 17.6 Å². The van der Waals surface area contributed by atoms with Crippen molar-refractivity contribution in [1.29, 1.82) is 0 Å². The monoisotopic (exact) mass is 489 g/mol. The van der Waals surface area contributed by atoms with Gasteiger partial charge in [0.25, 0.3) is 5.91 Å². The lowest BCUT2D eigenvalue weighted by atomic mass is 10.2. The number of anilines is 1. The molecule has 0 spiro atoms. The van der Waals surface area contributed by atoms with Crippen molar-refractivity contribution in [2.24, 2.45) is 0 Å². The maximum Gasteiger partial charge on any atom is 0.254 e. The van der Waals surface area contributed by atoms with E-state index in [1.165, 1.54) is 19.1 Å². The number of halogens is 3. The molecule has 1 heterocycles. The van der Waals surface area contributed by atoms with Crippen LogP contribution in [0.25, 0.3) is 10.9 Å². The first kappa shape index (κ1) is 22.7. The highest BCUT2D eigenvalue weighted by Crippen LogP contribution is 2.36. The van der Waals surface area contributed by atoms with Crippen LogP contribution < -0.4 is 10.0 Å². The van der Waals surface area contributed by atoms with Crippen molar-refractivity contribution in [2.45, 2.75) is 11.8 Å². The van der Waals surface area contributed by atoms with Gasteiger partial charge in [-0.15, -0.1) is 0 Å². The summed E-state index contributed by atoms with van der Waals surface area (Å²) in [6.07, 6.45) is 1.61. The first-order valence-corrected chi connectivity index (χ1v) is 12.3. The van der Waals surface area contributed by atoms with Crippen LogP contribution in [-0.2, 0) is 9.84 Å². The zero-order valence-corrected chi connectivity index (χ0v) is 18.9. The lowest BCUT2D eigenvalue weighted by Crippen LogP contribution is -2.30. The number of sulfone groups is 1. The van der Waals surface area contributed by atoms with E-state index in [1.807, 2.05) is 0 Å². The van der Waals surface area contributed by atoms with Gasteiger partial charge in [0.1, 0.15) is 0 Å². The molecular weight excluding hydrogens is 472 g/mol. The second-order valence-corrected chi connectivity index (χ2v) is 10.4. The van der Waals surface area contributed by atoms with Crippen LogP contribution in [0.1, 0.15) is 17.3 Å². The Morgan fingerprint density at radius 2 is 1.97 bits per heavy atom. The molecule has 1 amide bonds. The summed E-state index contributed by atoms with van der Waals surface area (Å²) in [5.41, 5.74) is 1.15. The number of fused-ring (bicyclic) bond motifs is 1. The van der Waals surface area contributed by atoms with Crippen molar-refractivity contribution in [3.05, 3.63) is 58.0 Å². The van der Waals surface area contributed by atoms with Crippen LogP contribution >= 0.6 is 35.1 Å². The van der Waals surface area contributed by atoms with Crippen molar-refractivity contribution in [3.8, 4) is 0 Å². The van der Waals surface area contributed by atoms with Gasteiger partial charge in [-0.25, -0.2) is 12.8 Å². The van der Waals surface area contributed by atoms with Crippen LogP contribution in [0, 0.1) is 5.82 Å². The van der Waals surface area contributed by atoms with E-state index in [0.717, 1.165) is 11.9 Å². The number of rotatable bonds is 8. The minimum Gasteiger partial charge on any atom is -0.358 e. The molecule has 0 radical (unpaired) electrons. The minimum absolute atomic E-state index is 0.0149. The molecule has 0 aliphatic rings. The van der Waals surface area contributed by atoms with E-state index in [-0.39, 0.29) is 28.5 Å². The summed E-state index contributed by atoms with van der Waals surface area (Å²) in [5, 5.41) is 4.05. The zero-order valence-electron chi connectivity index (χ0n) is 15.8. The minimum atomic E-state index is -3.22. The number of benzene rings is 2. The Bertz CT molecular complexity index is 1200. The van der Waals surface area contributed by atoms with Crippen molar-refractivity contribution in [2.75, 3.05) is 22.8 Å². The Morgan fingerprint density at radius 1 is 1.20 bits per heavy atom. The van der Waals surface area contributed by atoms with Crippen LogP contribution in [0.15, 0.2) is 41.4 Å². The zero-order chi connectivity index (χ0) is 21.9. The molecular formula is C19H18Cl2FN3O3S2. The number of H-pyrrole nitrogens is 1. The fourth-order valence-electron chi connectivity index (χ4n) is 2.69. The molecule has 30 heavy (non-hydrogen) atoms. The van der Waals surface area contributed by atoms with Crippen LogP contribution in [0.3, 0.4) is 0 Å². The van der Waals surface area contributed by atoms with E-state index >= 15 is 0 Å². The lowest BCUT2D eigenvalue weighted by Gasteiger charge is -2.11. The molecule has 0 saturated heterocycles. The topological polar surface area (TPSA) is 91.1 Å². The summed E-state index contributed by atoms with van der Waals surface area (Å²) in [6, 6.07) is 7.83. The average molecular weight is 490 g/mol. The number of hydrogen-bond donors (Lipinski definition) is 3. The third kappa shape index (κ3) is 5.03. The maximum absolute atomic E-state index is 14.8. The Morgan fingerprint density at radius 3 is 2.70 bits per heavy atom. The Kier molecular flexibility index (Phi) is 7.18. The van der Waals surface area contributed by atoms with Gasteiger partial charge < -0.3 is 15.0 Å². The van der Waals surface area contributed by atoms with Crippen molar-refractivity contribution in [3.63, 3.8) is 0 Å². The van der Waals surface area contributed by atoms with Crippen molar-refractivity contribution >= 4 is 67.5 Å². The molecule has 0 bridgehead atoms. The van der Waals surface area contributed by atoms with Gasteiger partial charge in [0.05, 0.1) is 37.5 Å². The van der Waals surface area contributed by atoms with Gasteiger partial charge in [0, 0.05) is 23.9 Å². The molecule has 3 aromatic rings. The molecule has 0 unspecified atom stereocenters. The van der Waals surface area contributed by atoms with E-state index < -0.39 is 21.6 Å². The normalized spacial score (nSPS) is 11.6. The molecule has 11 heteroatoms. The van der Waals surface area contributed by atoms with Crippen LogP contribution in [-0.4, -0.2) is 37.4 Å². The van der Waals surface area contributed by atoms with E-state index in [0.29, 0.717) is 26.6 Å². The highest BCUT2D eigenvalue weighted by molar-refractivity contribution is 8.00. The van der Waals surface area contributed by atoms with E-state index in [4.69, 9.17) is 23.2 Å². The lowest BCUT2D eigenvalue weighted by molar-refractivity contribution is 0.0951. The summed E-state index contributed by atoms with van der Waals surface area (Å²) in [4.78, 5) is 15.5. The third-order valence-corrected chi connectivity index (χ3v) is 7.53. The predicted octanol–water partition coefficient (Wildman–Crippen LogP) is 4.90. The van der Waals surface area contributed by atoms with Gasteiger partial charge in [-0.1, -0.05) is 36.2 Å². The highest BCUT2D eigenvalue weighted by atomic mass is 35.5. The number of carbonyl (C=O) groups excluding carboxylic acids is 1. The molecule has 3 rings (SSSR count). The van der Waals surface area contributed by atoms with Gasteiger partial charge in [-0.2, -0.15) is 0 Å². The molecule has 0 atom stereocenters. The van der Waals surface area contributed by atoms with Gasteiger partial charge in [-0.3, -0.25) is 4.79 Å². The number of nitrogens with one attached hydrogen (secondary N) is 3. The fourth-order valence-corrected chi connectivity index (χ4v) is 4.68. The molecule has 2 aromatic carbocycles. The number of amides is 1. The number of aromatic nitrogens is 1. The Balaban J connectivity index is 1.73. The number of carbonyl (C=O) groups is 1. The van der Waals surface area contributed by atoms with Crippen LogP contribution in [0.2, 0.25) is 10.0 Å². The molecule has 0 saturated carbocycles. The van der Waals surface area contributed by atoms with E-state index in [1.54, 1.807) is 24.4 Å². The van der Waals surface area contributed by atoms with Crippen molar-refractivity contribution in [1.82, 2.24) is 10.3 Å². The molecule has 3 N–H and O–H groups in total. The number of hydrogen-bond acceptors (Lipinski definition) is 5. The quantitative estimate of drug-likeness (QED) is 0.391.